The molecule has 1 N–H and O–H groups in total. The molecule has 1 aliphatic rings. The second-order valence-electron chi connectivity index (χ2n) is 4.63. The smallest absolute Gasteiger partial charge is 0.0797 e. The zero-order valence-electron chi connectivity index (χ0n) is 9.62. The third kappa shape index (κ3) is 2.58. The molecular formula is C12H20N2S. The molecule has 0 amide bonds. The minimum atomic E-state index is 0.628. The molecular weight excluding hydrogens is 204 g/mol. The van der Waals surface area contributed by atoms with Crippen LogP contribution in [0.25, 0.3) is 0 Å². The summed E-state index contributed by atoms with van der Waals surface area (Å²) >= 11 is 1.83. The van der Waals surface area contributed by atoms with Gasteiger partial charge in [0.15, 0.2) is 0 Å². The monoisotopic (exact) mass is 224 g/mol. The summed E-state index contributed by atoms with van der Waals surface area (Å²) in [4.78, 5) is 6.10. The Balaban J connectivity index is 2.15. The Morgan fingerprint density at radius 2 is 2.27 bits per heavy atom. The normalized spacial score (nSPS) is 23.0. The van der Waals surface area contributed by atoms with Crippen LogP contribution in [0, 0.1) is 0 Å². The number of hydrogen-bond donors (Lipinski definition) is 1. The first-order valence-corrected chi connectivity index (χ1v) is 6.81. The molecule has 0 saturated carbocycles. The van der Waals surface area contributed by atoms with E-state index < -0.39 is 0 Å². The zero-order chi connectivity index (χ0) is 10.7. The Hall–Kier alpha value is -0.410. The van der Waals surface area contributed by atoms with Gasteiger partial charge in [-0.25, -0.2) is 4.98 Å². The van der Waals surface area contributed by atoms with Crippen LogP contribution in [0.4, 0.5) is 0 Å². The van der Waals surface area contributed by atoms with E-state index in [9.17, 15) is 0 Å². The third-order valence-corrected chi connectivity index (χ3v) is 4.26. The van der Waals surface area contributed by atoms with Crippen molar-refractivity contribution in [3.05, 3.63) is 16.1 Å². The van der Waals surface area contributed by atoms with Crippen molar-refractivity contribution in [1.82, 2.24) is 10.3 Å². The molecule has 15 heavy (non-hydrogen) atoms. The highest BCUT2D eigenvalue weighted by Crippen LogP contribution is 2.33. The number of hydrogen-bond acceptors (Lipinski definition) is 3. The summed E-state index contributed by atoms with van der Waals surface area (Å²) in [6.07, 6.45) is 3.85. The summed E-state index contributed by atoms with van der Waals surface area (Å²) in [6.45, 7) is 6.87. The quantitative estimate of drug-likeness (QED) is 0.835. The van der Waals surface area contributed by atoms with Gasteiger partial charge in [0.1, 0.15) is 0 Å². The number of thiazole rings is 1. The molecule has 2 heterocycles. The highest BCUT2D eigenvalue weighted by atomic mass is 32.1. The van der Waals surface area contributed by atoms with E-state index >= 15 is 0 Å². The summed E-state index contributed by atoms with van der Waals surface area (Å²) in [5, 5.41) is 3.46. The van der Waals surface area contributed by atoms with Gasteiger partial charge in [-0.1, -0.05) is 13.8 Å². The second kappa shape index (κ2) is 5.08. The highest BCUT2D eigenvalue weighted by Gasteiger charge is 2.20. The van der Waals surface area contributed by atoms with Crippen molar-refractivity contribution >= 4 is 11.3 Å². The van der Waals surface area contributed by atoms with E-state index in [1.807, 2.05) is 16.8 Å². The zero-order valence-corrected chi connectivity index (χ0v) is 10.4. The predicted molar refractivity (Wildman–Crippen MR) is 65.7 cm³/mol. The third-order valence-electron chi connectivity index (χ3n) is 3.11. The molecule has 1 unspecified atom stereocenters. The Bertz CT molecular complexity index is 298. The summed E-state index contributed by atoms with van der Waals surface area (Å²) in [5.74, 6) is 1.33. The molecule has 1 saturated heterocycles. The highest BCUT2D eigenvalue weighted by molar-refractivity contribution is 7.09. The minimum Gasteiger partial charge on any atom is -0.317 e. The van der Waals surface area contributed by atoms with E-state index in [0.717, 1.165) is 6.54 Å². The lowest BCUT2D eigenvalue weighted by atomic mass is 9.94. The largest absolute Gasteiger partial charge is 0.317 e. The van der Waals surface area contributed by atoms with Gasteiger partial charge in [0.2, 0.25) is 0 Å². The Morgan fingerprint density at radius 1 is 1.40 bits per heavy atom. The maximum atomic E-state index is 4.59. The fraction of sp³-hybridized carbons (Fsp3) is 0.750. The number of rotatable bonds is 2. The van der Waals surface area contributed by atoms with Crippen molar-refractivity contribution in [2.75, 3.05) is 13.1 Å². The molecule has 0 spiro atoms. The Labute approximate surface area is 96.1 Å². The van der Waals surface area contributed by atoms with E-state index in [0.29, 0.717) is 11.8 Å². The molecule has 0 bridgehead atoms. The number of nitrogens with zero attached hydrogens (tertiary/aromatic N) is 1. The first kappa shape index (κ1) is 11.1. The van der Waals surface area contributed by atoms with Crippen molar-refractivity contribution in [3.63, 3.8) is 0 Å². The summed E-state index contributed by atoms with van der Waals surface area (Å²) < 4.78 is 0. The van der Waals surface area contributed by atoms with Crippen molar-refractivity contribution in [3.8, 4) is 0 Å². The average Bonchev–Trinajstić information content (AvgIpc) is 2.55. The predicted octanol–water partition coefficient (Wildman–Crippen LogP) is 3.12. The van der Waals surface area contributed by atoms with Gasteiger partial charge >= 0.3 is 0 Å². The van der Waals surface area contributed by atoms with Crippen LogP contribution in [0.1, 0.15) is 55.5 Å². The fourth-order valence-electron chi connectivity index (χ4n) is 2.29. The van der Waals surface area contributed by atoms with Crippen molar-refractivity contribution in [1.29, 1.82) is 0 Å². The molecule has 1 aromatic heterocycles. The van der Waals surface area contributed by atoms with Gasteiger partial charge in [-0.15, -0.1) is 11.3 Å². The molecule has 1 aliphatic heterocycles. The molecule has 84 valence electrons. The molecule has 2 rings (SSSR count). The molecule has 0 aromatic carbocycles. The minimum absolute atomic E-state index is 0.628. The van der Waals surface area contributed by atoms with E-state index in [-0.39, 0.29) is 0 Å². The van der Waals surface area contributed by atoms with Crippen molar-refractivity contribution < 1.29 is 0 Å². The average molecular weight is 224 g/mol. The number of aromatic nitrogens is 1. The van der Waals surface area contributed by atoms with Crippen molar-refractivity contribution in [2.45, 2.75) is 44.9 Å². The van der Waals surface area contributed by atoms with Gasteiger partial charge in [-0.05, 0) is 38.3 Å². The van der Waals surface area contributed by atoms with E-state index in [1.54, 1.807) is 0 Å². The molecule has 2 nitrogen and oxygen atoms in total. The van der Waals surface area contributed by atoms with Gasteiger partial charge in [0, 0.05) is 10.8 Å². The van der Waals surface area contributed by atoms with Gasteiger partial charge in [0.25, 0.3) is 0 Å². The lowest BCUT2D eigenvalue weighted by Gasteiger charge is -2.14. The van der Waals surface area contributed by atoms with E-state index in [4.69, 9.17) is 0 Å². The van der Waals surface area contributed by atoms with Gasteiger partial charge in [0.05, 0.1) is 11.2 Å². The standard InChI is InChI=1S/C12H20N2S/c1-9(2)12-11(14-8-15-12)10-4-3-6-13-7-5-10/h8-10,13H,3-7H2,1-2H3. The van der Waals surface area contributed by atoms with Crippen LogP contribution in [0.15, 0.2) is 5.51 Å². The Morgan fingerprint density at radius 3 is 3.07 bits per heavy atom. The summed E-state index contributed by atoms with van der Waals surface area (Å²) in [7, 11) is 0. The van der Waals surface area contributed by atoms with Crippen LogP contribution < -0.4 is 5.32 Å². The molecule has 1 fully saturated rings. The molecule has 3 heteroatoms. The topological polar surface area (TPSA) is 24.9 Å². The molecule has 0 aliphatic carbocycles. The molecule has 1 aromatic rings. The number of nitrogens with one attached hydrogen (secondary N) is 1. The van der Waals surface area contributed by atoms with Crippen LogP contribution >= 0.6 is 11.3 Å². The SMILES string of the molecule is CC(C)c1scnc1C1CCCNCC1. The maximum absolute atomic E-state index is 4.59. The Kier molecular flexibility index (Phi) is 3.76. The van der Waals surface area contributed by atoms with E-state index in [2.05, 4.69) is 24.1 Å². The lowest BCUT2D eigenvalue weighted by molar-refractivity contribution is 0.588. The maximum Gasteiger partial charge on any atom is 0.0797 e. The van der Waals surface area contributed by atoms with Gasteiger partial charge in [-0.3, -0.25) is 0 Å². The first-order valence-electron chi connectivity index (χ1n) is 5.93. The van der Waals surface area contributed by atoms with Crippen LogP contribution in [0.5, 0.6) is 0 Å². The van der Waals surface area contributed by atoms with Crippen LogP contribution in [0.3, 0.4) is 0 Å². The summed E-state index contributed by atoms with van der Waals surface area (Å²) in [6, 6.07) is 0. The summed E-state index contributed by atoms with van der Waals surface area (Å²) in [5.41, 5.74) is 3.40. The first-order chi connectivity index (χ1) is 7.29. The molecule has 0 radical (unpaired) electrons. The van der Waals surface area contributed by atoms with Crippen LogP contribution in [-0.2, 0) is 0 Å². The van der Waals surface area contributed by atoms with Gasteiger partial charge < -0.3 is 5.32 Å². The van der Waals surface area contributed by atoms with Crippen LogP contribution in [0.2, 0.25) is 0 Å². The van der Waals surface area contributed by atoms with Crippen LogP contribution in [-0.4, -0.2) is 18.1 Å². The second-order valence-corrected chi connectivity index (χ2v) is 5.52. The van der Waals surface area contributed by atoms with Gasteiger partial charge in [-0.2, -0.15) is 0 Å². The molecule has 1 atom stereocenters. The lowest BCUT2D eigenvalue weighted by Crippen LogP contribution is -2.14. The fourth-order valence-corrected chi connectivity index (χ4v) is 3.19. The van der Waals surface area contributed by atoms with E-state index in [1.165, 1.54) is 36.4 Å². The van der Waals surface area contributed by atoms with Crippen molar-refractivity contribution in [2.24, 2.45) is 0 Å².